The van der Waals surface area contributed by atoms with Crippen molar-refractivity contribution in [3.8, 4) is 0 Å². The number of aliphatic hydroxyl groups excluding tert-OH is 1. The number of nitrogens with one attached hydrogen (secondary N) is 2. The molecule has 4 N–H and O–H groups in total. The van der Waals surface area contributed by atoms with Gasteiger partial charge in [0.25, 0.3) is 0 Å². The fourth-order valence-corrected chi connectivity index (χ4v) is 4.18. The van der Waals surface area contributed by atoms with E-state index in [4.69, 9.17) is 12.2 Å². The number of thiocarbonyl (C=S) groups is 1. The minimum atomic E-state index is -0.809. The van der Waals surface area contributed by atoms with Crippen LogP contribution in [0.3, 0.4) is 0 Å². The van der Waals surface area contributed by atoms with Crippen molar-refractivity contribution >= 4 is 23.3 Å². The maximum absolute atomic E-state index is 11.4. The standard InChI is InChI=1S/C25H34N2O3S/c1-24(15-18-28,20-9-5-3-6-10-20)13-16-26-23(31)27-17-14-25(2,19-22(29)30)21-11-7-4-8-12-21/h3-12,28H,13-19H2,1-2H3,(H,29,30)(H2,26,27,31). The zero-order valence-corrected chi connectivity index (χ0v) is 19.3. The highest BCUT2D eigenvalue weighted by Crippen LogP contribution is 2.31. The minimum Gasteiger partial charge on any atom is -0.481 e. The fraction of sp³-hybridized carbons (Fsp3) is 0.440. The molecule has 2 aromatic rings. The van der Waals surface area contributed by atoms with Gasteiger partial charge in [-0.2, -0.15) is 0 Å². The van der Waals surface area contributed by atoms with Crippen molar-refractivity contribution in [2.75, 3.05) is 19.7 Å². The zero-order valence-electron chi connectivity index (χ0n) is 18.4. The summed E-state index contributed by atoms with van der Waals surface area (Å²) in [7, 11) is 0. The van der Waals surface area contributed by atoms with Crippen LogP contribution in [0.1, 0.15) is 50.7 Å². The molecule has 2 atom stereocenters. The molecule has 0 aliphatic heterocycles. The largest absolute Gasteiger partial charge is 0.481 e. The fourth-order valence-electron chi connectivity index (χ4n) is 3.98. The van der Waals surface area contributed by atoms with Crippen molar-refractivity contribution in [2.24, 2.45) is 0 Å². The van der Waals surface area contributed by atoms with Crippen LogP contribution >= 0.6 is 12.2 Å². The lowest BCUT2D eigenvalue weighted by Crippen LogP contribution is -2.40. The van der Waals surface area contributed by atoms with Crippen LogP contribution in [0.5, 0.6) is 0 Å². The molecule has 0 aromatic heterocycles. The molecule has 0 heterocycles. The van der Waals surface area contributed by atoms with Gasteiger partial charge in [0.1, 0.15) is 0 Å². The van der Waals surface area contributed by atoms with Gasteiger partial charge in [-0.15, -0.1) is 0 Å². The van der Waals surface area contributed by atoms with Gasteiger partial charge in [0.15, 0.2) is 5.11 Å². The maximum Gasteiger partial charge on any atom is 0.304 e. The van der Waals surface area contributed by atoms with Gasteiger partial charge in [0.2, 0.25) is 0 Å². The predicted octanol–water partition coefficient (Wildman–Crippen LogP) is 4.00. The van der Waals surface area contributed by atoms with E-state index in [0.29, 0.717) is 31.0 Å². The highest BCUT2D eigenvalue weighted by molar-refractivity contribution is 7.80. The van der Waals surface area contributed by atoms with Gasteiger partial charge in [0, 0.05) is 25.1 Å². The summed E-state index contributed by atoms with van der Waals surface area (Å²) >= 11 is 5.43. The Morgan fingerprint density at radius 1 is 0.839 bits per heavy atom. The number of aliphatic carboxylic acids is 1. The summed E-state index contributed by atoms with van der Waals surface area (Å²) in [6.07, 6.45) is 2.23. The first-order valence-corrected chi connectivity index (χ1v) is 11.2. The molecular formula is C25H34N2O3S. The highest BCUT2D eigenvalue weighted by Gasteiger charge is 2.29. The van der Waals surface area contributed by atoms with E-state index in [1.165, 1.54) is 5.56 Å². The third-order valence-corrected chi connectivity index (χ3v) is 6.36. The minimum absolute atomic E-state index is 0.0650. The first-order valence-electron chi connectivity index (χ1n) is 10.7. The van der Waals surface area contributed by atoms with Crippen LogP contribution in [0.25, 0.3) is 0 Å². The van der Waals surface area contributed by atoms with Gasteiger partial charge in [0.05, 0.1) is 6.42 Å². The van der Waals surface area contributed by atoms with Crippen LogP contribution < -0.4 is 10.6 Å². The van der Waals surface area contributed by atoms with Gasteiger partial charge < -0.3 is 20.8 Å². The molecule has 0 amide bonds. The Morgan fingerprint density at radius 3 is 1.74 bits per heavy atom. The lowest BCUT2D eigenvalue weighted by molar-refractivity contribution is -0.138. The Hall–Kier alpha value is -2.44. The van der Waals surface area contributed by atoms with Crippen molar-refractivity contribution < 1.29 is 15.0 Å². The number of carboxylic acids is 1. The van der Waals surface area contributed by atoms with Crippen LogP contribution in [-0.2, 0) is 15.6 Å². The third-order valence-electron chi connectivity index (χ3n) is 6.07. The van der Waals surface area contributed by atoms with Gasteiger partial charge in [-0.1, -0.05) is 74.5 Å². The molecule has 2 rings (SSSR count). The summed E-state index contributed by atoms with van der Waals surface area (Å²) in [5.41, 5.74) is 1.62. The quantitative estimate of drug-likeness (QED) is 0.372. The summed E-state index contributed by atoms with van der Waals surface area (Å²) in [5, 5.41) is 25.9. The number of carbonyl (C=O) groups is 1. The summed E-state index contributed by atoms with van der Waals surface area (Å²) < 4.78 is 0. The average molecular weight is 443 g/mol. The normalized spacial score (nSPS) is 14.8. The zero-order chi connectivity index (χ0) is 22.7. The number of hydrogen-bond acceptors (Lipinski definition) is 3. The Kier molecular flexibility index (Phi) is 9.46. The van der Waals surface area contributed by atoms with Crippen LogP contribution in [-0.4, -0.2) is 41.0 Å². The Morgan fingerprint density at radius 2 is 1.29 bits per heavy atom. The van der Waals surface area contributed by atoms with Gasteiger partial charge in [-0.05, 0) is 48.0 Å². The van der Waals surface area contributed by atoms with Crippen molar-refractivity contribution in [1.29, 1.82) is 0 Å². The Bertz CT molecular complexity index is 831. The molecule has 168 valence electrons. The number of aliphatic hydroxyl groups is 1. The van der Waals surface area contributed by atoms with Crippen molar-refractivity contribution in [3.05, 3.63) is 71.8 Å². The summed E-state index contributed by atoms with van der Waals surface area (Å²) in [6.45, 7) is 5.54. The topological polar surface area (TPSA) is 81.6 Å². The van der Waals surface area contributed by atoms with E-state index in [2.05, 4.69) is 29.7 Å². The molecule has 2 unspecified atom stereocenters. The van der Waals surface area contributed by atoms with Crippen LogP contribution in [0.4, 0.5) is 0 Å². The van der Waals surface area contributed by atoms with E-state index in [1.54, 1.807) is 0 Å². The second-order valence-corrected chi connectivity index (χ2v) is 8.99. The third kappa shape index (κ3) is 7.64. The second-order valence-electron chi connectivity index (χ2n) is 8.58. The van der Waals surface area contributed by atoms with E-state index in [-0.39, 0.29) is 18.4 Å². The lowest BCUT2D eigenvalue weighted by atomic mass is 9.76. The first-order chi connectivity index (χ1) is 14.8. The van der Waals surface area contributed by atoms with Gasteiger partial charge >= 0.3 is 5.97 Å². The number of benzene rings is 2. The monoisotopic (exact) mass is 442 g/mol. The van der Waals surface area contributed by atoms with Gasteiger partial charge in [-0.3, -0.25) is 4.79 Å². The molecule has 0 bridgehead atoms. The molecule has 0 saturated heterocycles. The summed E-state index contributed by atoms with van der Waals surface area (Å²) in [5.74, 6) is -0.809. The summed E-state index contributed by atoms with van der Waals surface area (Å²) in [6, 6.07) is 20.0. The molecule has 0 spiro atoms. The van der Waals surface area contributed by atoms with Gasteiger partial charge in [-0.25, -0.2) is 0 Å². The van der Waals surface area contributed by atoms with E-state index in [9.17, 15) is 15.0 Å². The summed E-state index contributed by atoms with van der Waals surface area (Å²) in [4.78, 5) is 11.4. The maximum atomic E-state index is 11.4. The highest BCUT2D eigenvalue weighted by atomic mass is 32.1. The van der Waals surface area contributed by atoms with Crippen molar-refractivity contribution in [1.82, 2.24) is 10.6 Å². The van der Waals surface area contributed by atoms with Crippen molar-refractivity contribution in [2.45, 2.75) is 50.4 Å². The molecule has 0 aliphatic carbocycles. The smallest absolute Gasteiger partial charge is 0.304 e. The second kappa shape index (κ2) is 11.8. The SMILES string of the molecule is CC(CCO)(CCNC(=S)NCCC(C)(CC(=O)O)c1ccccc1)c1ccccc1. The molecule has 31 heavy (non-hydrogen) atoms. The molecule has 5 nitrogen and oxygen atoms in total. The van der Waals surface area contributed by atoms with Crippen LogP contribution in [0.15, 0.2) is 60.7 Å². The lowest BCUT2D eigenvalue weighted by Gasteiger charge is -2.30. The molecular weight excluding hydrogens is 408 g/mol. The molecule has 6 heteroatoms. The molecule has 0 radical (unpaired) electrons. The van der Waals surface area contributed by atoms with E-state index in [1.807, 2.05) is 55.5 Å². The van der Waals surface area contributed by atoms with Crippen molar-refractivity contribution in [3.63, 3.8) is 0 Å². The number of rotatable bonds is 12. The average Bonchev–Trinajstić information content (AvgIpc) is 2.75. The van der Waals surface area contributed by atoms with Crippen LogP contribution in [0.2, 0.25) is 0 Å². The first kappa shape index (κ1) is 24.8. The predicted molar refractivity (Wildman–Crippen MR) is 129 cm³/mol. The molecule has 0 fully saturated rings. The van der Waals surface area contributed by atoms with E-state index < -0.39 is 11.4 Å². The number of carboxylic acid groups (broad SMARTS) is 1. The van der Waals surface area contributed by atoms with E-state index >= 15 is 0 Å². The Labute approximate surface area is 190 Å². The van der Waals surface area contributed by atoms with E-state index in [0.717, 1.165) is 12.0 Å². The molecule has 2 aromatic carbocycles. The molecule has 0 aliphatic rings. The Balaban J connectivity index is 1.86. The molecule has 0 saturated carbocycles. The number of hydrogen-bond donors (Lipinski definition) is 4. The van der Waals surface area contributed by atoms with Crippen LogP contribution in [0, 0.1) is 0 Å².